The van der Waals surface area contributed by atoms with Gasteiger partial charge in [0.15, 0.2) is 0 Å². The van der Waals surface area contributed by atoms with Gasteiger partial charge in [0.1, 0.15) is 5.82 Å². The molecule has 0 unspecified atom stereocenters. The van der Waals surface area contributed by atoms with Gasteiger partial charge in [-0.05, 0) is 18.8 Å². The Kier molecular flexibility index (Phi) is 3.66. The number of halogens is 1. The summed E-state index contributed by atoms with van der Waals surface area (Å²) in [6.07, 6.45) is 6.49. The van der Waals surface area contributed by atoms with Crippen molar-refractivity contribution in [2.24, 2.45) is 5.92 Å². The second-order valence-electron chi connectivity index (χ2n) is 5.23. The minimum absolute atomic E-state index is 0.433. The Labute approximate surface area is 113 Å². The monoisotopic (exact) mass is 266 g/mol. The van der Waals surface area contributed by atoms with Crippen LogP contribution in [-0.2, 0) is 5.88 Å². The van der Waals surface area contributed by atoms with Gasteiger partial charge < -0.3 is 4.90 Å². The van der Waals surface area contributed by atoms with Crippen molar-refractivity contribution in [2.45, 2.75) is 18.7 Å². The highest BCUT2D eigenvalue weighted by Gasteiger charge is 2.26. The van der Waals surface area contributed by atoms with Crippen LogP contribution in [-0.4, -0.2) is 47.6 Å². The summed E-state index contributed by atoms with van der Waals surface area (Å²) in [7, 11) is 0. The van der Waals surface area contributed by atoms with Gasteiger partial charge in [-0.2, -0.15) is 0 Å². The zero-order valence-corrected chi connectivity index (χ0v) is 11.3. The SMILES string of the molecule is ClCc1cnc(N2CCN(CC3CC3)CC2)cn1. The van der Waals surface area contributed by atoms with E-state index in [0.29, 0.717) is 5.88 Å². The van der Waals surface area contributed by atoms with Gasteiger partial charge in [0.25, 0.3) is 0 Å². The Balaban J connectivity index is 1.54. The van der Waals surface area contributed by atoms with Crippen LogP contribution in [0.1, 0.15) is 18.5 Å². The van der Waals surface area contributed by atoms with Gasteiger partial charge in [0.2, 0.25) is 0 Å². The third-order valence-electron chi connectivity index (χ3n) is 3.74. The molecule has 2 heterocycles. The van der Waals surface area contributed by atoms with Crippen LogP contribution in [0, 0.1) is 5.92 Å². The maximum Gasteiger partial charge on any atom is 0.147 e. The van der Waals surface area contributed by atoms with E-state index in [2.05, 4.69) is 19.8 Å². The summed E-state index contributed by atoms with van der Waals surface area (Å²) in [4.78, 5) is 13.6. The smallest absolute Gasteiger partial charge is 0.147 e. The lowest BCUT2D eigenvalue weighted by atomic mass is 10.3. The Bertz CT molecular complexity index is 382. The van der Waals surface area contributed by atoms with Crippen LogP contribution in [0.15, 0.2) is 12.4 Å². The molecule has 0 N–H and O–H groups in total. The minimum atomic E-state index is 0.433. The van der Waals surface area contributed by atoms with Gasteiger partial charge in [0, 0.05) is 32.7 Å². The zero-order valence-electron chi connectivity index (χ0n) is 10.6. The molecule has 0 bridgehead atoms. The second kappa shape index (κ2) is 5.41. The molecule has 1 aliphatic carbocycles. The van der Waals surface area contributed by atoms with Crippen LogP contribution in [0.2, 0.25) is 0 Å². The molecule has 0 atom stereocenters. The number of hydrogen-bond donors (Lipinski definition) is 0. The molecule has 4 nitrogen and oxygen atoms in total. The largest absolute Gasteiger partial charge is 0.353 e. The molecule has 0 spiro atoms. The lowest BCUT2D eigenvalue weighted by molar-refractivity contribution is 0.247. The van der Waals surface area contributed by atoms with E-state index < -0.39 is 0 Å². The van der Waals surface area contributed by atoms with Crippen molar-refractivity contribution in [3.05, 3.63) is 18.1 Å². The van der Waals surface area contributed by atoms with Crippen LogP contribution in [0.4, 0.5) is 5.82 Å². The van der Waals surface area contributed by atoms with Crippen molar-refractivity contribution in [1.82, 2.24) is 14.9 Å². The molecule has 0 radical (unpaired) electrons. The fourth-order valence-electron chi connectivity index (χ4n) is 2.41. The van der Waals surface area contributed by atoms with E-state index in [9.17, 15) is 0 Å². The molecule has 1 aromatic heterocycles. The number of alkyl halides is 1. The summed E-state index contributed by atoms with van der Waals surface area (Å²) in [6, 6.07) is 0. The molecule has 18 heavy (non-hydrogen) atoms. The van der Waals surface area contributed by atoms with Crippen molar-refractivity contribution < 1.29 is 0 Å². The summed E-state index contributed by atoms with van der Waals surface area (Å²) in [5, 5.41) is 0. The quantitative estimate of drug-likeness (QED) is 0.778. The van der Waals surface area contributed by atoms with Gasteiger partial charge in [-0.1, -0.05) is 0 Å². The normalized spacial score (nSPS) is 21.3. The van der Waals surface area contributed by atoms with E-state index >= 15 is 0 Å². The number of hydrogen-bond acceptors (Lipinski definition) is 4. The molecule has 1 aromatic rings. The van der Waals surface area contributed by atoms with E-state index in [1.165, 1.54) is 19.4 Å². The summed E-state index contributed by atoms with van der Waals surface area (Å²) in [5.41, 5.74) is 0.841. The molecule has 3 rings (SSSR count). The summed E-state index contributed by atoms with van der Waals surface area (Å²) < 4.78 is 0. The van der Waals surface area contributed by atoms with E-state index in [1.807, 2.05) is 6.20 Å². The Hall–Kier alpha value is -0.870. The highest BCUT2D eigenvalue weighted by Crippen LogP contribution is 2.30. The van der Waals surface area contributed by atoms with Crippen LogP contribution >= 0.6 is 11.6 Å². The van der Waals surface area contributed by atoms with Crippen LogP contribution in [0.25, 0.3) is 0 Å². The van der Waals surface area contributed by atoms with Gasteiger partial charge in [-0.3, -0.25) is 9.88 Å². The Morgan fingerprint density at radius 3 is 2.44 bits per heavy atom. The summed E-state index contributed by atoms with van der Waals surface area (Å²) in [6.45, 7) is 5.71. The molecular weight excluding hydrogens is 248 g/mol. The highest BCUT2D eigenvalue weighted by molar-refractivity contribution is 6.16. The predicted octanol–water partition coefficient (Wildman–Crippen LogP) is 1.75. The van der Waals surface area contributed by atoms with Gasteiger partial charge in [-0.25, -0.2) is 4.98 Å². The van der Waals surface area contributed by atoms with Gasteiger partial charge >= 0.3 is 0 Å². The van der Waals surface area contributed by atoms with E-state index in [-0.39, 0.29) is 0 Å². The number of aromatic nitrogens is 2. The molecule has 2 aliphatic rings. The third-order valence-corrected chi connectivity index (χ3v) is 4.01. The maximum atomic E-state index is 5.72. The van der Waals surface area contributed by atoms with Crippen molar-refractivity contribution in [3.63, 3.8) is 0 Å². The Morgan fingerprint density at radius 2 is 1.89 bits per heavy atom. The van der Waals surface area contributed by atoms with Crippen LogP contribution < -0.4 is 4.90 Å². The standard InChI is InChI=1S/C13H19ClN4/c14-7-12-8-16-13(9-15-12)18-5-3-17(4-6-18)10-11-1-2-11/h8-9,11H,1-7,10H2. The lowest BCUT2D eigenvalue weighted by Gasteiger charge is -2.35. The number of rotatable bonds is 4. The van der Waals surface area contributed by atoms with E-state index in [1.54, 1.807) is 6.20 Å². The molecule has 5 heteroatoms. The average Bonchev–Trinajstić information content (AvgIpc) is 3.24. The molecule has 1 saturated carbocycles. The van der Waals surface area contributed by atoms with Crippen LogP contribution in [0.3, 0.4) is 0 Å². The molecule has 0 aromatic carbocycles. The van der Waals surface area contributed by atoms with Crippen LogP contribution in [0.5, 0.6) is 0 Å². The van der Waals surface area contributed by atoms with E-state index in [0.717, 1.165) is 43.6 Å². The first-order chi connectivity index (χ1) is 8.85. The first-order valence-electron chi connectivity index (χ1n) is 6.69. The molecule has 1 aliphatic heterocycles. The summed E-state index contributed by atoms with van der Waals surface area (Å²) in [5.74, 6) is 2.40. The number of anilines is 1. The highest BCUT2D eigenvalue weighted by atomic mass is 35.5. The maximum absolute atomic E-state index is 5.72. The van der Waals surface area contributed by atoms with Crippen molar-refractivity contribution in [1.29, 1.82) is 0 Å². The molecule has 1 saturated heterocycles. The molecular formula is C13H19ClN4. The minimum Gasteiger partial charge on any atom is -0.353 e. The van der Waals surface area contributed by atoms with Crippen molar-refractivity contribution >= 4 is 17.4 Å². The summed E-state index contributed by atoms with van der Waals surface area (Å²) >= 11 is 5.72. The first kappa shape index (κ1) is 12.2. The van der Waals surface area contributed by atoms with Crippen molar-refractivity contribution in [2.75, 3.05) is 37.6 Å². The molecule has 0 amide bonds. The predicted molar refractivity (Wildman–Crippen MR) is 73.0 cm³/mol. The first-order valence-corrected chi connectivity index (χ1v) is 7.23. The fraction of sp³-hybridized carbons (Fsp3) is 0.692. The average molecular weight is 267 g/mol. The second-order valence-corrected chi connectivity index (χ2v) is 5.50. The molecule has 2 fully saturated rings. The Morgan fingerprint density at radius 1 is 1.11 bits per heavy atom. The number of piperazine rings is 1. The zero-order chi connectivity index (χ0) is 12.4. The lowest BCUT2D eigenvalue weighted by Crippen LogP contribution is -2.47. The topological polar surface area (TPSA) is 32.3 Å². The molecule has 98 valence electrons. The van der Waals surface area contributed by atoms with Crippen molar-refractivity contribution in [3.8, 4) is 0 Å². The third kappa shape index (κ3) is 2.93. The number of nitrogens with zero attached hydrogens (tertiary/aromatic N) is 4. The van der Waals surface area contributed by atoms with Gasteiger partial charge in [-0.15, -0.1) is 11.6 Å². The van der Waals surface area contributed by atoms with E-state index in [4.69, 9.17) is 11.6 Å². The fourth-order valence-corrected chi connectivity index (χ4v) is 2.54. The van der Waals surface area contributed by atoms with Gasteiger partial charge in [0.05, 0.1) is 24.0 Å².